The summed E-state index contributed by atoms with van der Waals surface area (Å²) in [5.74, 6) is -0.442. The van der Waals surface area contributed by atoms with Crippen molar-refractivity contribution in [2.75, 3.05) is 12.4 Å². The Hall–Kier alpha value is -2.08. The van der Waals surface area contributed by atoms with E-state index in [1.54, 1.807) is 6.92 Å². The molecule has 3 amide bonds. The van der Waals surface area contributed by atoms with Crippen molar-refractivity contribution >= 4 is 17.6 Å². The minimum absolute atomic E-state index is 0.115. The Labute approximate surface area is 119 Å². The van der Waals surface area contributed by atoms with Gasteiger partial charge in [-0.05, 0) is 38.6 Å². The van der Waals surface area contributed by atoms with Crippen molar-refractivity contribution in [1.82, 2.24) is 10.6 Å². The maximum Gasteiger partial charge on any atom is 0.319 e. The van der Waals surface area contributed by atoms with Crippen LogP contribution in [0.1, 0.15) is 31.9 Å². The Kier molecular flexibility index (Phi) is 5.99. The Morgan fingerprint density at radius 1 is 1.30 bits per heavy atom. The molecule has 1 aromatic rings. The molecule has 0 fully saturated rings. The Bertz CT molecular complexity index is 476. The number of hydrogen-bond acceptors (Lipinski definition) is 3. The van der Waals surface area contributed by atoms with Gasteiger partial charge in [0.15, 0.2) is 0 Å². The molecule has 20 heavy (non-hydrogen) atoms. The lowest BCUT2D eigenvalue weighted by molar-refractivity contribution is -0.118. The SMILES string of the molecule is CNC(C)c1cccc(NC(=O)NC(C)CC(N)=O)c1. The molecule has 2 atom stereocenters. The van der Waals surface area contributed by atoms with Crippen LogP contribution in [0.4, 0.5) is 10.5 Å². The fraction of sp³-hybridized carbons (Fsp3) is 0.429. The van der Waals surface area contributed by atoms with Crippen molar-refractivity contribution in [3.05, 3.63) is 29.8 Å². The van der Waals surface area contributed by atoms with Crippen molar-refractivity contribution in [2.24, 2.45) is 5.73 Å². The van der Waals surface area contributed by atoms with Gasteiger partial charge in [0.2, 0.25) is 5.91 Å². The number of carbonyl (C=O) groups is 2. The summed E-state index contributed by atoms with van der Waals surface area (Å²) in [6.45, 7) is 3.76. The summed E-state index contributed by atoms with van der Waals surface area (Å²) in [6.07, 6.45) is 0.115. The predicted molar refractivity (Wildman–Crippen MR) is 79.3 cm³/mol. The van der Waals surface area contributed by atoms with Crippen LogP contribution in [-0.4, -0.2) is 25.0 Å². The molecule has 0 saturated heterocycles. The monoisotopic (exact) mass is 278 g/mol. The average Bonchev–Trinajstić information content (AvgIpc) is 2.36. The maximum absolute atomic E-state index is 11.8. The van der Waals surface area contributed by atoms with Crippen molar-refractivity contribution < 1.29 is 9.59 Å². The lowest BCUT2D eigenvalue weighted by atomic mass is 10.1. The van der Waals surface area contributed by atoms with E-state index in [4.69, 9.17) is 5.73 Å². The molecule has 2 unspecified atom stereocenters. The van der Waals surface area contributed by atoms with Gasteiger partial charge in [-0.3, -0.25) is 4.79 Å². The molecule has 0 aliphatic rings. The van der Waals surface area contributed by atoms with Crippen LogP contribution in [-0.2, 0) is 4.79 Å². The van der Waals surface area contributed by atoms with Gasteiger partial charge in [-0.15, -0.1) is 0 Å². The van der Waals surface area contributed by atoms with Crippen LogP contribution in [0, 0.1) is 0 Å². The molecule has 0 spiro atoms. The van der Waals surface area contributed by atoms with Crippen molar-refractivity contribution in [3.8, 4) is 0 Å². The first-order valence-corrected chi connectivity index (χ1v) is 6.55. The van der Waals surface area contributed by atoms with E-state index in [1.165, 1.54) is 0 Å². The number of primary amides is 1. The van der Waals surface area contributed by atoms with Gasteiger partial charge in [-0.25, -0.2) is 4.79 Å². The zero-order valence-corrected chi connectivity index (χ0v) is 12.1. The lowest BCUT2D eigenvalue weighted by Gasteiger charge is -2.15. The number of nitrogens with one attached hydrogen (secondary N) is 3. The zero-order chi connectivity index (χ0) is 15.1. The number of nitrogens with two attached hydrogens (primary N) is 1. The van der Waals surface area contributed by atoms with Gasteiger partial charge < -0.3 is 21.7 Å². The summed E-state index contributed by atoms with van der Waals surface area (Å²) in [4.78, 5) is 22.5. The molecule has 6 heteroatoms. The van der Waals surface area contributed by atoms with Crippen LogP contribution in [0.15, 0.2) is 24.3 Å². The van der Waals surface area contributed by atoms with Gasteiger partial charge in [-0.1, -0.05) is 12.1 Å². The second-order valence-corrected chi connectivity index (χ2v) is 4.81. The Balaban J connectivity index is 2.59. The molecule has 0 bridgehead atoms. The second-order valence-electron chi connectivity index (χ2n) is 4.81. The van der Waals surface area contributed by atoms with Crippen LogP contribution in [0.2, 0.25) is 0 Å². The summed E-state index contributed by atoms with van der Waals surface area (Å²) >= 11 is 0. The van der Waals surface area contributed by atoms with Gasteiger partial charge in [0, 0.05) is 24.2 Å². The van der Waals surface area contributed by atoms with Crippen LogP contribution >= 0.6 is 0 Å². The van der Waals surface area contributed by atoms with E-state index in [0.717, 1.165) is 5.56 Å². The molecule has 110 valence electrons. The number of carbonyl (C=O) groups excluding carboxylic acids is 2. The molecule has 0 aromatic heterocycles. The number of urea groups is 1. The fourth-order valence-corrected chi connectivity index (χ4v) is 1.80. The second kappa shape index (κ2) is 7.49. The minimum Gasteiger partial charge on any atom is -0.370 e. The van der Waals surface area contributed by atoms with E-state index in [2.05, 4.69) is 16.0 Å². The normalized spacial score (nSPS) is 13.3. The van der Waals surface area contributed by atoms with Crippen molar-refractivity contribution in [3.63, 3.8) is 0 Å². The summed E-state index contributed by atoms with van der Waals surface area (Å²) in [6, 6.07) is 7.13. The van der Waals surface area contributed by atoms with E-state index >= 15 is 0 Å². The highest BCUT2D eigenvalue weighted by Crippen LogP contribution is 2.16. The van der Waals surface area contributed by atoms with E-state index in [0.29, 0.717) is 5.69 Å². The molecule has 5 N–H and O–H groups in total. The molecule has 0 heterocycles. The predicted octanol–water partition coefficient (Wildman–Crippen LogP) is 1.35. The third-order valence-electron chi connectivity index (χ3n) is 2.96. The van der Waals surface area contributed by atoms with E-state index in [-0.39, 0.29) is 24.5 Å². The van der Waals surface area contributed by atoms with Crippen molar-refractivity contribution in [1.29, 1.82) is 0 Å². The third kappa shape index (κ3) is 5.27. The van der Waals surface area contributed by atoms with Gasteiger partial charge in [0.05, 0.1) is 0 Å². The number of rotatable bonds is 6. The first-order valence-electron chi connectivity index (χ1n) is 6.55. The lowest BCUT2D eigenvalue weighted by Crippen LogP contribution is -2.38. The quantitative estimate of drug-likeness (QED) is 0.632. The summed E-state index contributed by atoms with van der Waals surface area (Å²) in [7, 11) is 1.88. The van der Waals surface area contributed by atoms with Gasteiger partial charge in [0.1, 0.15) is 0 Å². The molecule has 0 aliphatic carbocycles. The molecule has 0 radical (unpaired) electrons. The summed E-state index contributed by atoms with van der Waals surface area (Å²) < 4.78 is 0. The number of anilines is 1. The average molecular weight is 278 g/mol. The smallest absolute Gasteiger partial charge is 0.319 e. The van der Waals surface area contributed by atoms with Crippen LogP contribution in [0.25, 0.3) is 0 Å². The van der Waals surface area contributed by atoms with Gasteiger partial charge >= 0.3 is 6.03 Å². The minimum atomic E-state index is -0.442. The van der Waals surface area contributed by atoms with Crippen LogP contribution in [0.3, 0.4) is 0 Å². The summed E-state index contributed by atoms with van der Waals surface area (Å²) in [5, 5.41) is 8.53. The topological polar surface area (TPSA) is 96.2 Å². The first kappa shape index (κ1) is 16.0. The van der Waals surface area contributed by atoms with Gasteiger partial charge in [0.25, 0.3) is 0 Å². The number of benzene rings is 1. The Morgan fingerprint density at radius 3 is 2.60 bits per heavy atom. The zero-order valence-electron chi connectivity index (χ0n) is 12.1. The summed E-state index contributed by atoms with van der Waals surface area (Å²) in [5.41, 5.74) is 6.85. The highest BCUT2D eigenvalue weighted by Gasteiger charge is 2.10. The molecule has 0 saturated carbocycles. The van der Waals surface area contributed by atoms with E-state index in [9.17, 15) is 9.59 Å². The number of amides is 3. The largest absolute Gasteiger partial charge is 0.370 e. The highest BCUT2D eigenvalue weighted by atomic mass is 16.2. The number of hydrogen-bond donors (Lipinski definition) is 4. The standard InChI is InChI=1S/C14H22N4O2/c1-9(7-13(15)19)17-14(20)18-12-6-4-5-11(8-12)10(2)16-3/h4-6,8-10,16H,7H2,1-3H3,(H2,15,19)(H2,17,18,20). The van der Waals surface area contributed by atoms with E-state index in [1.807, 2.05) is 38.2 Å². The third-order valence-corrected chi connectivity index (χ3v) is 2.96. The molecule has 0 aliphatic heterocycles. The molecule has 1 rings (SSSR count). The Morgan fingerprint density at radius 2 is 2.00 bits per heavy atom. The van der Waals surface area contributed by atoms with Crippen LogP contribution in [0.5, 0.6) is 0 Å². The van der Waals surface area contributed by atoms with E-state index < -0.39 is 5.91 Å². The molecule has 6 nitrogen and oxygen atoms in total. The molecular weight excluding hydrogens is 256 g/mol. The van der Waals surface area contributed by atoms with Crippen LogP contribution < -0.4 is 21.7 Å². The van der Waals surface area contributed by atoms with Gasteiger partial charge in [-0.2, -0.15) is 0 Å². The maximum atomic E-state index is 11.8. The van der Waals surface area contributed by atoms with Crippen molar-refractivity contribution in [2.45, 2.75) is 32.4 Å². The first-order chi connectivity index (χ1) is 9.42. The fourth-order valence-electron chi connectivity index (χ4n) is 1.80. The highest BCUT2D eigenvalue weighted by molar-refractivity contribution is 5.89. The molecular formula is C14H22N4O2. The molecule has 1 aromatic carbocycles.